The molecule has 5 nitrogen and oxygen atoms in total. The molecule has 1 fully saturated rings. The number of ether oxygens (including phenoxy) is 1. The number of carbonyl (C=O) groups is 1. The van der Waals surface area contributed by atoms with Crippen molar-refractivity contribution in [2.75, 3.05) is 12.4 Å². The topological polar surface area (TPSA) is 56.1 Å². The van der Waals surface area contributed by atoms with Crippen molar-refractivity contribution >= 4 is 23.4 Å². The van der Waals surface area contributed by atoms with Gasteiger partial charge in [0.05, 0.1) is 29.9 Å². The fraction of sp³-hybridized carbons (Fsp3) is 0.273. The van der Waals surface area contributed by atoms with Crippen LogP contribution in [0.1, 0.15) is 25.8 Å². The number of amides is 1. The fourth-order valence-electron chi connectivity index (χ4n) is 3.13. The summed E-state index contributed by atoms with van der Waals surface area (Å²) < 4.78 is 7.60. The SMILES string of the molecule is COc1ccccc1NC(=O)[C@@H](C)Sc1ncc(-c2ccccc2)n1C1CC1. The molecule has 0 unspecified atom stereocenters. The Bertz CT molecular complexity index is 967. The van der Waals surface area contributed by atoms with Crippen LogP contribution in [0.3, 0.4) is 0 Å². The molecule has 1 heterocycles. The molecule has 1 aromatic heterocycles. The lowest BCUT2D eigenvalue weighted by molar-refractivity contribution is -0.115. The van der Waals surface area contributed by atoms with Crippen LogP contribution in [0.4, 0.5) is 5.69 Å². The summed E-state index contributed by atoms with van der Waals surface area (Å²) in [5.74, 6) is 0.583. The van der Waals surface area contributed by atoms with Crippen LogP contribution in [0, 0.1) is 0 Å². The summed E-state index contributed by atoms with van der Waals surface area (Å²) in [5, 5.41) is 3.57. The molecule has 0 spiro atoms. The highest BCUT2D eigenvalue weighted by Crippen LogP contribution is 2.42. The molecule has 0 saturated heterocycles. The van der Waals surface area contributed by atoms with Gasteiger partial charge in [0.2, 0.25) is 5.91 Å². The lowest BCUT2D eigenvalue weighted by atomic mass is 10.2. The van der Waals surface area contributed by atoms with Crippen LogP contribution in [0.5, 0.6) is 5.75 Å². The van der Waals surface area contributed by atoms with Crippen LogP contribution in [0.25, 0.3) is 11.3 Å². The number of para-hydroxylation sites is 2. The maximum atomic E-state index is 12.7. The Labute approximate surface area is 169 Å². The first-order valence-corrected chi connectivity index (χ1v) is 10.3. The summed E-state index contributed by atoms with van der Waals surface area (Å²) in [4.78, 5) is 17.4. The highest BCUT2D eigenvalue weighted by molar-refractivity contribution is 8.00. The molecule has 0 radical (unpaired) electrons. The predicted molar refractivity (Wildman–Crippen MR) is 113 cm³/mol. The zero-order valence-corrected chi connectivity index (χ0v) is 16.8. The molecular formula is C22H23N3O2S. The largest absolute Gasteiger partial charge is 0.495 e. The Hall–Kier alpha value is -2.73. The number of imidazole rings is 1. The molecule has 28 heavy (non-hydrogen) atoms. The maximum Gasteiger partial charge on any atom is 0.237 e. The zero-order valence-electron chi connectivity index (χ0n) is 16.0. The summed E-state index contributed by atoms with van der Waals surface area (Å²) in [6, 6.07) is 18.2. The van der Waals surface area contributed by atoms with Gasteiger partial charge >= 0.3 is 0 Å². The summed E-state index contributed by atoms with van der Waals surface area (Å²) >= 11 is 1.49. The van der Waals surface area contributed by atoms with Gasteiger partial charge in [0.25, 0.3) is 0 Å². The number of nitrogens with zero attached hydrogens (tertiary/aromatic N) is 2. The normalized spacial score (nSPS) is 14.5. The molecule has 1 saturated carbocycles. The van der Waals surface area contributed by atoms with Crippen LogP contribution in [-0.4, -0.2) is 27.8 Å². The predicted octanol–water partition coefficient (Wildman–Crippen LogP) is 5.01. The van der Waals surface area contributed by atoms with Crippen LogP contribution < -0.4 is 10.1 Å². The van der Waals surface area contributed by atoms with E-state index in [0.717, 1.165) is 29.3 Å². The van der Waals surface area contributed by atoms with E-state index in [0.29, 0.717) is 17.5 Å². The van der Waals surface area contributed by atoms with Crippen molar-refractivity contribution in [2.45, 2.75) is 36.2 Å². The van der Waals surface area contributed by atoms with Crippen molar-refractivity contribution in [2.24, 2.45) is 0 Å². The molecule has 6 heteroatoms. The summed E-state index contributed by atoms with van der Waals surface area (Å²) in [7, 11) is 1.60. The fourth-order valence-corrected chi connectivity index (χ4v) is 4.09. The third-order valence-electron chi connectivity index (χ3n) is 4.76. The molecule has 144 valence electrons. The van der Waals surface area contributed by atoms with Crippen LogP contribution in [-0.2, 0) is 4.79 Å². The second kappa shape index (κ2) is 8.10. The second-order valence-corrected chi connectivity index (χ2v) is 8.15. The van der Waals surface area contributed by atoms with Gasteiger partial charge in [0, 0.05) is 6.04 Å². The summed E-state index contributed by atoms with van der Waals surface area (Å²) in [6.45, 7) is 1.91. The van der Waals surface area contributed by atoms with Gasteiger partial charge in [-0.3, -0.25) is 4.79 Å². The highest BCUT2D eigenvalue weighted by atomic mass is 32.2. The lowest BCUT2D eigenvalue weighted by Gasteiger charge is -2.15. The number of carbonyl (C=O) groups excluding carboxylic acids is 1. The minimum atomic E-state index is -0.284. The molecule has 0 aliphatic heterocycles. The van der Waals surface area contributed by atoms with Crippen LogP contribution in [0.2, 0.25) is 0 Å². The number of nitrogens with one attached hydrogen (secondary N) is 1. The van der Waals surface area contributed by atoms with E-state index in [1.807, 2.05) is 55.6 Å². The van der Waals surface area contributed by atoms with E-state index in [1.54, 1.807) is 7.11 Å². The molecule has 1 atom stereocenters. The molecule has 1 aliphatic carbocycles. The van der Waals surface area contributed by atoms with Gasteiger partial charge in [0.1, 0.15) is 5.75 Å². The van der Waals surface area contributed by atoms with Gasteiger partial charge in [-0.15, -0.1) is 0 Å². The average Bonchev–Trinajstić information content (AvgIpc) is 3.49. The Morgan fingerprint density at radius 1 is 1.18 bits per heavy atom. The van der Waals surface area contributed by atoms with Crippen LogP contribution >= 0.6 is 11.8 Å². The maximum absolute atomic E-state index is 12.7. The molecule has 2 aromatic carbocycles. The van der Waals surface area contributed by atoms with E-state index in [4.69, 9.17) is 4.74 Å². The molecular weight excluding hydrogens is 370 g/mol. The van der Waals surface area contributed by atoms with Gasteiger partial charge in [-0.2, -0.15) is 0 Å². The standard InChI is InChI=1S/C22H23N3O2S/c1-15(21(26)24-18-10-6-7-11-20(18)27-2)28-22-23-14-19(25(22)17-12-13-17)16-8-4-3-5-9-16/h3-11,14-15,17H,12-13H2,1-2H3,(H,24,26)/t15-/m1/s1. The number of rotatable bonds is 7. The smallest absolute Gasteiger partial charge is 0.237 e. The summed E-state index contributed by atoms with van der Waals surface area (Å²) in [6.07, 6.45) is 4.23. The van der Waals surface area contributed by atoms with Crippen molar-refractivity contribution in [1.29, 1.82) is 0 Å². The van der Waals surface area contributed by atoms with E-state index < -0.39 is 0 Å². The number of hydrogen-bond donors (Lipinski definition) is 1. The lowest BCUT2D eigenvalue weighted by Crippen LogP contribution is -2.23. The molecule has 1 aliphatic rings. The van der Waals surface area contributed by atoms with E-state index in [2.05, 4.69) is 27.0 Å². The van der Waals surface area contributed by atoms with Crippen molar-refractivity contribution in [3.63, 3.8) is 0 Å². The van der Waals surface area contributed by atoms with Gasteiger partial charge < -0.3 is 14.6 Å². The van der Waals surface area contributed by atoms with Crippen molar-refractivity contribution in [3.05, 3.63) is 60.8 Å². The molecule has 3 aromatic rings. The first kappa shape index (κ1) is 18.6. The second-order valence-electron chi connectivity index (χ2n) is 6.84. The Kier molecular flexibility index (Phi) is 5.39. The first-order chi connectivity index (χ1) is 13.7. The number of benzene rings is 2. The average molecular weight is 394 g/mol. The van der Waals surface area contributed by atoms with E-state index >= 15 is 0 Å². The number of thioether (sulfide) groups is 1. The number of methoxy groups -OCH3 is 1. The molecule has 0 bridgehead atoms. The summed E-state index contributed by atoms with van der Waals surface area (Å²) in [5.41, 5.74) is 2.95. The van der Waals surface area contributed by atoms with Crippen molar-refractivity contribution in [1.82, 2.24) is 9.55 Å². The molecule has 1 N–H and O–H groups in total. The number of aromatic nitrogens is 2. The van der Waals surface area contributed by atoms with Crippen LogP contribution in [0.15, 0.2) is 66.0 Å². The quantitative estimate of drug-likeness (QED) is 0.573. The molecule has 1 amide bonds. The van der Waals surface area contributed by atoms with Gasteiger partial charge in [0.15, 0.2) is 5.16 Å². The third-order valence-corrected chi connectivity index (χ3v) is 5.84. The van der Waals surface area contributed by atoms with Crippen molar-refractivity contribution in [3.8, 4) is 17.0 Å². The minimum absolute atomic E-state index is 0.0684. The molecule has 4 rings (SSSR count). The van der Waals surface area contributed by atoms with Gasteiger partial charge in [-0.1, -0.05) is 54.2 Å². The Balaban J connectivity index is 1.52. The Morgan fingerprint density at radius 2 is 1.89 bits per heavy atom. The minimum Gasteiger partial charge on any atom is -0.495 e. The van der Waals surface area contributed by atoms with Gasteiger partial charge in [-0.25, -0.2) is 4.98 Å². The third kappa shape index (κ3) is 3.92. The Morgan fingerprint density at radius 3 is 2.61 bits per heavy atom. The van der Waals surface area contributed by atoms with Crippen molar-refractivity contribution < 1.29 is 9.53 Å². The van der Waals surface area contributed by atoms with E-state index in [-0.39, 0.29) is 11.2 Å². The monoisotopic (exact) mass is 393 g/mol. The van der Waals surface area contributed by atoms with E-state index in [9.17, 15) is 4.79 Å². The van der Waals surface area contributed by atoms with E-state index in [1.165, 1.54) is 11.8 Å². The zero-order chi connectivity index (χ0) is 19.5. The highest BCUT2D eigenvalue weighted by Gasteiger charge is 2.30. The number of anilines is 1. The first-order valence-electron chi connectivity index (χ1n) is 9.40. The number of hydrogen-bond acceptors (Lipinski definition) is 4. The van der Waals surface area contributed by atoms with Gasteiger partial charge in [-0.05, 0) is 37.5 Å².